The van der Waals surface area contributed by atoms with Crippen LogP contribution in [0.2, 0.25) is 0 Å². The zero-order valence-corrected chi connectivity index (χ0v) is 11.7. The predicted octanol–water partition coefficient (Wildman–Crippen LogP) is 0.680. The molecule has 0 aliphatic carbocycles. The molecule has 2 rings (SSSR count). The number of hydrogen-bond acceptors (Lipinski definition) is 5. The highest BCUT2D eigenvalue weighted by atomic mass is 32.2. The van der Waals surface area contributed by atoms with Gasteiger partial charge in [0.05, 0.1) is 17.6 Å². The predicted molar refractivity (Wildman–Crippen MR) is 63.3 cm³/mol. The van der Waals surface area contributed by atoms with Crippen LogP contribution in [0.4, 0.5) is 13.2 Å². The molecule has 0 spiro atoms. The van der Waals surface area contributed by atoms with E-state index in [4.69, 9.17) is 0 Å². The maximum Gasteiger partial charge on any atom is 0.389 e. The lowest BCUT2D eigenvalue weighted by Gasteiger charge is -2.30. The maximum absolute atomic E-state index is 12.0. The van der Waals surface area contributed by atoms with Gasteiger partial charge in [-0.1, -0.05) is 0 Å². The molecule has 2 fully saturated rings. The van der Waals surface area contributed by atoms with Gasteiger partial charge in [0.1, 0.15) is 0 Å². The quantitative estimate of drug-likeness (QED) is 0.560. The number of carbonyl (C=O) groups is 2. The van der Waals surface area contributed by atoms with E-state index in [1.807, 2.05) is 0 Å². The van der Waals surface area contributed by atoms with Crippen LogP contribution >= 0.6 is 0 Å². The van der Waals surface area contributed by atoms with Gasteiger partial charge in [-0.25, -0.2) is 12.7 Å². The first-order valence-electron chi connectivity index (χ1n) is 6.40. The Balaban J connectivity index is 1.96. The SMILES string of the molecule is O=C1OC(=O)C2CN(S(=O)(=O)CCCC(F)(F)F)CCC12. The standard InChI is InChI=1S/C11H14F3NO5S/c12-11(13,14)3-1-5-21(18,19)15-4-2-7-8(6-15)10(17)20-9(7)16/h7-8H,1-6H2. The molecule has 0 N–H and O–H groups in total. The van der Waals surface area contributed by atoms with Gasteiger partial charge in [-0.3, -0.25) is 9.59 Å². The van der Waals surface area contributed by atoms with Crippen LogP contribution in [-0.2, 0) is 24.3 Å². The Kier molecular flexibility index (Phi) is 4.29. The Morgan fingerprint density at radius 2 is 1.81 bits per heavy atom. The van der Waals surface area contributed by atoms with E-state index in [0.717, 1.165) is 4.31 Å². The van der Waals surface area contributed by atoms with Crippen molar-refractivity contribution < 1.29 is 35.9 Å². The fourth-order valence-corrected chi connectivity index (χ4v) is 4.07. The molecule has 0 amide bonds. The Morgan fingerprint density at radius 3 is 2.43 bits per heavy atom. The summed E-state index contributed by atoms with van der Waals surface area (Å²) in [6, 6.07) is 0. The summed E-state index contributed by atoms with van der Waals surface area (Å²) >= 11 is 0. The molecule has 2 atom stereocenters. The molecule has 2 aliphatic heterocycles. The summed E-state index contributed by atoms with van der Waals surface area (Å²) in [5.74, 6) is -3.53. The minimum atomic E-state index is -4.40. The number of fused-ring (bicyclic) bond motifs is 1. The molecule has 2 aliphatic rings. The third kappa shape index (κ3) is 3.73. The summed E-state index contributed by atoms with van der Waals surface area (Å²) < 4.78 is 65.5. The highest BCUT2D eigenvalue weighted by Crippen LogP contribution is 2.33. The molecule has 10 heteroatoms. The summed E-state index contributed by atoms with van der Waals surface area (Å²) in [7, 11) is -3.87. The van der Waals surface area contributed by atoms with Crippen molar-refractivity contribution >= 4 is 22.0 Å². The number of alkyl halides is 3. The van der Waals surface area contributed by atoms with Crippen molar-refractivity contribution in [3.63, 3.8) is 0 Å². The number of rotatable bonds is 4. The molecular weight excluding hydrogens is 315 g/mol. The average Bonchev–Trinajstić information content (AvgIpc) is 2.63. The topological polar surface area (TPSA) is 80.8 Å². The van der Waals surface area contributed by atoms with E-state index >= 15 is 0 Å². The van der Waals surface area contributed by atoms with Gasteiger partial charge in [-0.15, -0.1) is 0 Å². The molecule has 120 valence electrons. The Labute approximate surface area is 119 Å². The first-order valence-corrected chi connectivity index (χ1v) is 8.01. The van der Waals surface area contributed by atoms with Crippen molar-refractivity contribution in [3.8, 4) is 0 Å². The molecule has 0 aromatic carbocycles. The van der Waals surface area contributed by atoms with Crippen molar-refractivity contribution in [1.29, 1.82) is 0 Å². The van der Waals surface area contributed by atoms with E-state index in [0.29, 0.717) is 0 Å². The first kappa shape index (κ1) is 16.2. The van der Waals surface area contributed by atoms with Gasteiger partial charge in [0.15, 0.2) is 0 Å². The first-order chi connectivity index (χ1) is 9.60. The Bertz CT molecular complexity index is 545. The third-order valence-corrected chi connectivity index (χ3v) is 5.56. The highest BCUT2D eigenvalue weighted by Gasteiger charge is 2.49. The van der Waals surface area contributed by atoms with E-state index in [2.05, 4.69) is 4.74 Å². The van der Waals surface area contributed by atoms with Crippen LogP contribution in [0.3, 0.4) is 0 Å². The average molecular weight is 329 g/mol. The van der Waals surface area contributed by atoms with Crippen molar-refractivity contribution in [2.24, 2.45) is 11.8 Å². The number of sulfonamides is 1. The summed E-state index contributed by atoms with van der Waals surface area (Å²) in [6.45, 7) is -0.193. The molecule has 0 aromatic rings. The van der Waals surface area contributed by atoms with Crippen molar-refractivity contribution in [2.75, 3.05) is 18.8 Å². The minimum absolute atomic E-state index is 0.0118. The van der Waals surface area contributed by atoms with Crippen molar-refractivity contribution in [1.82, 2.24) is 4.31 Å². The number of esters is 2. The lowest BCUT2D eigenvalue weighted by Crippen LogP contribution is -2.45. The highest BCUT2D eigenvalue weighted by molar-refractivity contribution is 7.89. The van der Waals surface area contributed by atoms with E-state index in [1.54, 1.807) is 0 Å². The van der Waals surface area contributed by atoms with Crippen molar-refractivity contribution in [2.45, 2.75) is 25.4 Å². The summed E-state index contributed by atoms with van der Waals surface area (Å²) in [4.78, 5) is 22.7. The molecule has 2 unspecified atom stereocenters. The third-order valence-electron chi connectivity index (χ3n) is 3.64. The van der Waals surface area contributed by atoms with E-state index in [9.17, 15) is 31.2 Å². The van der Waals surface area contributed by atoms with Gasteiger partial charge in [0.2, 0.25) is 10.0 Å². The van der Waals surface area contributed by atoms with Gasteiger partial charge in [0, 0.05) is 19.5 Å². The molecular formula is C11H14F3NO5S. The largest absolute Gasteiger partial charge is 0.393 e. The number of cyclic esters (lactones) is 2. The number of ether oxygens (including phenoxy) is 1. The number of halogens is 3. The Hall–Kier alpha value is -1.16. The maximum atomic E-state index is 12.0. The lowest BCUT2D eigenvalue weighted by molar-refractivity contribution is -0.153. The van der Waals surface area contributed by atoms with E-state index in [-0.39, 0.29) is 19.5 Å². The van der Waals surface area contributed by atoms with Gasteiger partial charge < -0.3 is 4.74 Å². The summed E-state index contributed by atoms with van der Waals surface area (Å²) in [5, 5.41) is 0. The summed E-state index contributed by atoms with van der Waals surface area (Å²) in [5.41, 5.74) is 0. The number of nitrogens with zero attached hydrogens (tertiary/aromatic N) is 1. The van der Waals surface area contributed by atoms with Crippen LogP contribution in [0.15, 0.2) is 0 Å². The zero-order chi connectivity index (χ0) is 15.8. The smallest absolute Gasteiger partial charge is 0.389 e. The number of piperidine rings is 1. The second kappa shape index (κ2) is 5.56. The number of carbonyl (C=O) groups excluding carboxylic acids is 2. The molecule has 21 heavy (non-hydrogen) atoms. The van der Waals surface area contributed by atoms with Gasteiger partial charge in [-0.05, 0) is 12.8 Å². The minimum Gasteiger partial charge on any atom is -0.393 e. The van der Waals surface area contributed by atoms with Crippen LogP contribution in [0.1, 0.15) is 19.3 Å². The van der Waals surface area contributed by atoms with E-state index in [1.165, 1.54) is 0 Å². The molecule has 0 bridgehead atoms. The lowest BCUT2D eigenvalue weighted by atomic mass is 9.89. The van der Waals surface area contributed by atoms with Crippen LogP contribution in [-0.4, -0.2) is 49.7 Å². The van der Waals surface area contributed by atoms with Gasteiger partial charge in [-0.2, -0.15) is 13.2 Å². The fourth-order valence-electron chi connectivity index (χ4n) is 2.53. The van der Waals surface area contributed by atoms with Crippen LogP contribution < -0.4 is 0 Å². The monoisotopic (exact) mass is 329 g/mol. The second-order valence-electron chi connectivity index (χ2n) is 5.13. The molecule has 2 heterocycles. The molecule has 0 radical (unpaired) electrons. The van der Waals surface area contributed by atoms with Crippen LogP contribution in [0.5, 0.6) is 0 Å². The number of hydrogen-bond donors (Lipinski definition) is 0. The van der Waals surface area contributed by atoms with Crippen molar-refractivity contribution in [3.05, 3.63) is 0 Å². The van der Waals surface area contributed by atoms with Gasteiger partial charge >= 0.3 is 18.1 Å². The summed E-state index contributed by atoms with van der Waals surface area (Å²) in [6.07, 6.45) is -5.95. The van der Waals surface area contributed by atoms with Crippen LogP contribution in [0, 0.1) is 11.8 Å². The van der Waals surface area contributed by atoms with E-state index < -0.39 is 58.6 Å². The molecule has 6 nitrogen and oxygen atoms in total. The second-order valence-corrected chi connectivity index (χ2v) is 7.22. The fraction of sp³-hybridized carbons (Fsp3) is 0.818. The van der Waals surface area contributed by atoms with Crippen LogP contribution in [0.25, 0.3) is 0 Å². The molecule has 0 aromatic heterocycles. The molecule has 0 saturated carbocycles. The Morgan fingerprint density at radius 1 is 1.19 bits per heavy atom. The van der Waals surface area contributed by atoms with Gasteiger partial charge in [0.25, 0.3) is 0 Å². The normalized spacial score (nSPS) is 27.6. The molecule has 2 saturated heterocycles. The zero-order valence-electron chi connectivity index (χ0n) is 10.9.